The second kappa shape index (κ2) is 5.78. The van der Waals surface area contributed by atoms with E-state index in [1.807, 2.05) is 35.7 Å². The molecule has 92 valence electrons. The molecule has 0 N–H and O–H groups in total. The van der Waals surface area contributed by atoms with Gasteiger partial charge in [-0.05, 0) is 48.1 Å². The molecule has 0 atom stereocenters. The summed E-state index contributed by atoms with van der Waals surface area (Å²) in [6.45, 7) is 4.16. The first-order valence-corrected chi connectivity index (χ1v) is 6.94. The predicted molar refractivity (Wildman–Crippen MR) is 78.2 cm³/mol. The van der Waals surface area contributed by atoms with Gasteiger partial charge in [0.15, 0.2) is 5.78 Å². The van der Waals surface area contributed by atoms with Crippen LogP contribution in [0.2, 0.25) is 0 Å². The van der Waals surface area contributed by atoms with Crippen LogP contribution < -0.4 is 0 Å². The van der Waals surface area contributed by atoms with Crippen LogP contribution in [-0.4, -0.2) is 5.78 Å². The molecule has 2 aromatic rings. The summed E-state index contributed by atoms with van der Waals surface area (Å²) in [4.78, 5) is 13.1. The van der Waals surface area contributed by atoms with Crippen molar-refractivity contribution in [2.75, 3.05) is 0 Å². The highest BCUT2D eigenvalue weighted by Crippen LogP contribution is 2.17. The fraction of sp³-hybridized carbons (Fsp3) is 0.188. The zero-order valence-corrected chi connectivity index (χ0v) is 11.5. The maximum atomic E-state index is 12.0. The minimum absolute atomic E-state index is 0.0606. The number of hydrogen-bond acceptors (Lipinski definition) is 2. The lowest BCUT2D eigenvalue weighted by molar-refractivity contribution is 0.104. The van der Waals surface area contributed by atoms with Crippen molar-refractivity contribution in [3.05, 3.63) is 63.4 Å². The summed E-state index contributed by atoms with van der Waals surface area (Å²) < 4.78 is 0. The highest BCUT2D eigenvalue weighted by molar-refractivity contribution is 7.11. The molecule has 0 saturated carbocycles. The number of rotatable bonds is 4. The molecular formula is C16H16OS. The van der Waals surface area contributed by atoms with Crippen LogP contribution >= 0.6 is 11.3 Å². The molecule has 0 bridgehead atoms. The van der Waals surface area contributed by atoms with Gasteiger partial charge in [0, 0.05) is 10.4 Å². The van der Waals surface area contributed by atoms with Crippen LogP contribution in [0.25, 0.3) is 6.08 Å². The van der Waals surface area contributed by atoms with E-state index >= 15 is 0 Å². The van der Waals surface area contributed by atoms with Gasteiger partial charge >= 0.3 is 0 Å². The van der Waals surface area contributed by atoms with Crippen LogP contribution in [0.1, 0.15) is 33.3 Å². The van der Waals surface area contributed by atoms with Crippen LogP contribution in [0.3, 0.4) is 0 Å². The molecule has 0 aliphatic heterocycles. The smallest absolute Gasteiger partial charge is 0.185 e. The standard InChI is InChI=1S/C16H16OS/c1-3-13-4-6-14(7-5-13)15(17)8-9-16-12(2)10-11-18-16/h4-11H,3H2,1-2H3. The fourth-order valence-corrected chi connectivity index (χ4v) is 2.53. The largest absolute Gasteiger partial charge is 0.289 e. The minimum Gasteiger partial charge on any atom is -0.289 e. The Morgan fingerprint density at radius 3 is 2.50 bits per heavy atom. The lowest BCUT2D eigenvalue weighted by atomic mass is 10.1. The Balaban J connectivity index is 2.12. The van der Waals surface area contributed by atoms with E-state index in [2.05, 4.69) is 19.9 Å². The molecule has 1 heterocycles. The van der Waals surface area contributed by atoms with E-state index in [1.54, 1.807) is 17.4 Å². The van der Waals surface area contributed by atoms with Gasteiger partial charge in [-0.2, -0.15) is 0 Å². The number of carbonyl (C=O) groups excluding carboxylic acids is 1. The van der Waals surface area contributed by atoms with E-state index in [-0.39, 0.29) is 5.78 Å². The molecule has 0 unspecified atom stereocenters. The van der Waals surface area contributed by atoms with Gasteiger partial charge in [0.25, 0.3) is 0 Å². The maximum Gasteiger partial charge on any atom is 0.185 e. The summed E-state index contributed by atoms with van der Waals surface area (Å²) in [6.07, 6.45) is 4.55. The molecule has 2 heteroatoms. The average Bonchev–Trinajstić information content (AvgIpc) is 2.81. The summed E-state index contributed by atoms with van der Waals surface area (Å²) >= 11 is 1.65. The van der Waals surface area contributed by atoms with E-state index < -0.39 is 0 Å². The molecular weight excluding hydrogens is 240 g/mol. The lowest BCUT2D eigenvalue weighted by Gasteiger charge is -1.98. The van der Waals surface area contributed by atoms with Crippen molar-refractivity contribution >= 4 is 23.2 Å². The fourth-order valence-electron chi connectivity index (χ4n) is 1.71. The van der Waals surface area contributed by atoms with Gasteiger partial charge < -0.3 is 0 Å². The van der Waals surface area contributed by atoms with E-state index in [0.29, 0.717) is 0 Å². The molecule has 0 aliphatic rings. The molecule has 18 heavy (non-hydrogen) atoms. The quantitative estimate of drug-likeness (QED) is 0.581. The highest BCUT2D eigenvalue weighted by Gasteiger charge is 2.02. The Morgan fingerprint density at radius 1 is 1.22 bits per heavy atom. The van der Waals surface area contributed by atoms with Crippen molar-refractivity contribution in [1.82, 2.24) is 0 Å². The van der Waals surface area contributed by atoms with Crippen LogP contribution in [-0.2, 0) is 6.42 Å². The maximum absolute atomic E-state index is 12.0. The third kappa shape index (κ3) is 2.96. The van der Waals surface area contributed by atoms with Crippen molar-refractivity contribution in [1.29, 1.82) is 0 Å². The summed E-state index contributed by atoms with van der Waals surface area (Å²) in [5.74, 6) is 0.0606. The zero-order chi connectivity index (χ0) is 13.0. The number of thiophene rings is 1. The highest BCUT2D eigenvalue weighted by atomic mass is 32.1. The molecule has 0 fully saturated rings. The van der Waals surface area contributed by atoms with Crippen LogP contribution in [0.15, 0.2) is 41.8 Å². The normalized spacial score (nSPS) is 11.0. The Bertz CT molecular complexity index is 561. The first-order valence-electron chi connectivity index (χ1n) is 6.06. The van der Waals surface area contributed by atoms with Crippen molar-refractivity contribution in [3.8, 4) is 0 Å². The molecule has 0 aliphatic carbocycles. The second-order valence-electron chi connectivity index (χ2n) is 4.22. The van der Waals surface area contributed by atoms with Gasteiger partial charge in [-0.1, -0.05) is 31.2 Å². The Hall–Kier alpha value is -1.67. The second-order valence-corrected chi connectivity index (χ2v) is 5.16. The third-order valence-corrected chi connectivity index (χ3v) is 3.92. The summed E-state index contributed by atoms with van der Waals surface area (Å²) in [5, 5.41) is 2.04. The zero-order valence-electron chi connectivity index (χ0n) is 10.6. The molecule has 2 rings (SSSR count). The van der Waals surface area contributed by atoms with Crippen molar-refractivity contribution in [3.63, 3.8) is 0 Å². The number of carbonyl (C=O) groups is 1. The minimum atomic E-state index is 0.0606. The third-order valence-electron chi connectivity index (χ3n) is 2.93. The molecule has 1 aromatic heterocycles. The van der Waals surface area contributed by atoms with Crippen molar-refractivity contribution in [2.24, 2.45) is 0 Å². The summed E-state index contributed by atoms with van der Waals surface area (Å²) in [7, 11) is 0. The topological polar surface area (TPSA) is 17.1 Å². The first-order chi connectivity index (χ1) is 8.70. The van der Waals surface area contributed by atoms with E-state index in [1.165, 1.54) is 11.1 Å². The lowest BCUT2D eigenvalue weighted by Crippen LogP contribution is -1.94. The van der Waals surface area contributed by atoms with E-state index in [9.17, 15) is 4.79 Å². The molecule has 0 saturated heterocycles. The van der Waals surface area contributed by atoms with Gasteiger partial charge in [0.1, 0.15) is 0 Å². The number of aryl methyl sites for hydroxylation is 2. The van der Waals surface area contributed by atoms with Crippen molar-refractivity contribution in [2.45, 2.75) is 20.3 Å². The average molecular weight is 256 g/mol. The first kappa shape index (κ1) is 12.8. The molecule has 0 amide bonds. The van der Waals surface area contributed by atoms with Crippen LogP contribution in [0.4, 0.5) is 0 Å². The summed E-state index contributed by atoms with van der Waals surface area (Å²) in [6, 6.07) is 9.87. The molecule has 0 radical (unpaired) electrons. The van der Waals surface area contributed by atoms with Crippen molar-refractivity contribution < 1.29 is 4.79 Å². The monoisotopic (exact) mass is 256 g/mol. The number of allylic oxidation sites excluding steroid dienone is 1. The van der Waals surface area contributed by atoms with Gasteiger partial charge in [-0.15, -0.1) is 11.3 Å². The Kier molecular flexibility index (Phi) is 4.11. The summed E-state index contributed by atoms with van der Waals surface area (Å²) in [5.41, 5.74) is 3.22. The van der Waals surface area contributed by atoms with Crippen LogP contribution in [0, 0.1) is 6.92 Å². The SMILES string of the molecule is CCc1ccc(C(=O)C=Cc2sccc2C)cc1. The van der Waals surface area contributed by atoms with Crippen LogP contribution in [0.5, 0.6) is 0 Å². The van der Waals surface area contributed by atoms with Gasteiger partial charge in [0.05, 0.1) is 0 Å². The van der Waals surface area contributed by atoms with E-state index in [0.717, 1.165) is 16.9 Å². The van der Waals surface area contributed by atoms with Gasteiger partial charge in [0.2, 0.25) is 0 Å². The molecule has 1 aromatic carbocycles. The number of benzene rings is 1. The van der Waals surface area contributed by atoms with Gasteiger partial charge in [-0.25, -0.2) is 0 Å². The number of ketones is 1. The Labute approximate surface area is 112 Å². The van der Waals surface area contributed by atoms with E-state index in [4.69, 9.17) is 0 Å². The number of hydrogen-bond donors (Lipinski definition) is 0. The predicted octanol–water partition coefficient (Wildman–Crippen LogP) is 4.52. The molecule has 1 nitrogen and oxygen atoms in total. The molecule has 0 spiro atoms. The van der Waals surface area contributed by atoms with Gasteiger partial charge in [-0.3, -0.25) is 4.79 Å². The Morgan fingerprint density at radius 2 is 1.94 bits per heavy atom.